The number of aromatic nitrogens is 4. The van der Waals surface area contributed by atoms with Crippen LogP contribution in [0.2, 0.25) is 45.3 Å². The minimum atomic E-state index is -2.95. The summed E-state index contributed by atoms with van der Waals surface area (Å²) in [5, 5.41) is 0.695. The molecule has 2 aliphatic rings. The van der Waals surface area contributed by atoms with Crippen LogP contribution in [-0.4, -0.2) is 76.5 Å². The first kappa shape index (κ1) is 40.3. The van der Waals surface area contributed by atoms with E-state index in [1.165, 1.54) is 0 Å². The Hall–Kier alpha value is -1.89. The van der Waals surface area contributed by atoms with Crippen LogP contribution in [0.3, 0.4) is 0 Å². The van der Waals surface area contributed by atoms with E-state index < -0.39 is 43.9 Å². The van der Waals surface area contributed by atoms with Gasteiger partial charge in [-0.3, -0.25) is 4.57 Å². The summed E-state index contributed by atoms with van der Waals surface area (Å²) >= 11 is 6.07. The van der Waals surface area contributed by atoms with Gasteiger partial charge in [-0.2, -0.15) is 9.97 Å². The van der Waals surface area contributed by atoms with E-state index in [4.69, 9.17) is 49.2 Å². The molecule has 51 heavy (non-hydrogen) atoms. The first-order valence-corrected chi connectivity index (χ1v) is 25.7. The number of anilines is 1. The van der Waals surface area contributed by atoms with Crippen molar-refractivity contribution in [3.63, 3.8) is 0 Å². The molecule has 2 aliphatic heterocycles. The Morgan fingerprint density at radius 2 is 1.53 bits per heavy atom. The van der Waals surface area contributed by atoms with Crippen LogP contribution in [0.4, 0.5) is 5.82 Å². The molecule has 4 atom stereocenters. The highest BCUT2D eigenvalue weighted by molar-refractivity contribution is 6.84. The van der Waals surface area contributed by atoms with Crippen LogP contribution >= 0.6 is 11.6 Å². The Kier molecular flexibility index (Phi) is 12.8. The Morgan fingerprint density at radius 1 is 0.922 bits per heavy atom. The molecule has 15 heteroatoms. The lowest BCUT2D eigenvalue weighted by Crippen LogP contribution is -2.66. The van der Waals surface area contributed by atoms with Gasteiger partial charge in [-0.15, -0.1) is 0 Å². The molecular formula is C36H60ClN5O6Si3. The molecule has 1 aromatic carbocycles. The van der Waals surface area contributed by atoms with Gasteiger partial charge in [-0.05, 0) is 58.0 Å². The summed E-state index contributed by atoms with van der Waals surface area (Å²) in [4.78, 5) is 14.0. The number of benzene rings is 1. The average Bonchev–Trinajstić information content (AvgIpc) is 3.64. The number of nitrogens with two attached hydrogens (primary N) is 1. The summed E-state index contributed by atoms with van der Waals surface area (Å²) in [5.41, 5.74) is 9.37. The smallest absolute Gasteiger partial charge is 0.335 e. The average molecular weight is 779 g/mol. The van der Waals surface area contributed by atoms with Crippen molar-refractivity contribution in [3.05, 3.63) is 41.2 Å². The van der Waals surface area contributed by atoms with Gasteiger partial charge in [-0.25, -0.2) is 4.98 Å². The van der Waals surface area contributed by atoms with E-state index in [2.05, 4.69) is 86.1 Å². The lowest BCUT2D eigenvalue weighted by molar-refractivity contribution is -0.0565. The molecule has 11 nitrogen and oxygen atoms in total. The van der Waals surface area contributed by atoms with Crippen LogP contribution in [0.5, 0.6) is 6.01 Å². The van der Waals surface area contributed by atoms with E-state index in [0.29, 0.717) is 35.8 Å². The predicted molar refractivity (Wildman–Crippen MR) is 210 cm³/mol. The normalized spacial score (nSPS) is 23.7. The van der Waals surface area contributed by atoms with Crippen molar-refractivity contribution in [2.24, 2.45) is 0 Å². The third-order valence-electron chi connectivity index (χ3n) is 11.2. The largest absolute Gasteiger partial charge is 0.463 e. The maximum Gasteiger partial charge on any atom is 0.335 e. The SMILES string of the molecule is CC[Si](CC)(CC)O[C@@H]1[C@@H]2O[Si](C(C)C)(C(C)C)O[Si](C(C)C)(C(C)C)OC[C@@H]2O[C@H]1n1cnc2c(N)nc(OCCc3ccc(Cl)cc3)nc21. The van der Waals surface area contributed by atoms with Crippen LogP contribution in [0, 0.1) is 0 Å². The van der Waals surface area contributed by atoms with E-state index >= 15 is 0 Å². The van der Waals surface area contributed by atoms with Gasteiger partial charge in [0.2, 0.25) is 0 Å². The van der Waals surface area contributed by atoms with Gasteiger partial charge in [0.05, 0.1) is 19.5 Å². The van der Waals surface area contributed by atoms with Crippen molar-refractivity contribution in [1.29, 1.82) is 0 Å². The number of imidazole rings is 1. The number of nitrogens with zero attached hydrogens (tertiary/aromatic N) is 4. The monoisotopic (exact) mass is 777 g/mol. The first-order chi connectivity index (χ1) is 24.2. The molecule has 0 aliphatic carbocycles. The molecule has 284 valence electrons. The number of rotatable bonds is 14. The van der Waals surface area contributed by atoms with Crippen molar-refractivity contribution >= 4 is 54.0 Å². The Labute approximate surface area is 312 Å². The van der Waals surface area contributed by atoms with Crippen LogP contribution < -0.4 is 10.5 Å². The second-order valence-electron chi connectivity index (χ2n) is 15.4. The number of hydrogen-bond acceptors (Lipinski definition) is 10. The second-order valence-corrected chi connectivity index (χ2v) is 29.4. The summed E-state index contributed by atoms with van der Waals surface area (Å²) in [6.07, 6.45) is 0.541. The summed E-state index contributed by atoms with van der Waals surface area (Å²) in [6.45, 7) is 25.4. The maximum absolute atomic E-state index is 7.58. The highest BCUT2D eigenvalue weighted by Gasteiger charge is 2.62. The van der Waals surface area contributed by atoms with Gasteiger partial charge >= 0.3 is 23.1 Å². The third-order valence-corrected chi connectivity index (χ3v) is 26.3. The molecule has 2 saturated heterocycles. The van der Waals surface area contributed by atoms with Crippen LogP contribution in [-0.2, 0) is 28.6 Å². The van der Waals surface area contributed by atoms with E-state index in [1.54, 1.807) is 6.33 Å². The van der Waals surface area contributed by atoms with Crippen LogP contribution in [0.15, 0.2) is 30.6 Å². The highest BCUT2D eigenvalue weighted by Crippen LogP contribution is 2.50. The molecule has 0 bridgehead atoms. The molecule has 2 fully saturated rings. The number of halogens is 1. The van der Waals surface area contributed by atoms with E-state index in [1.807, 2.05) is 28.8 Å². The quantitative estimate of drug-likeness (QED) is 0.159. The molecule has 5 rings (SSSR count). The molecule has 4 heterocycles. The van der Waals surface area contributed by atoms with E-state index in [9.17, 15) is 0 Å². The van der Waals surface area contributed by atoms with Gasteiger partial charge in [0.15, 0.2) is 31.5 Å². The van der Waals surface area contributed by atoms with Crippen molar-refractivity contribution in [2.45, 2.75) is 147 Å². The molecule has 0 spiro atoms. The molecule has 0 unspecified atom stereocenters. The number of hydrogen-bond donors (Lipinski definition) is 1. The minimum Gasteiger partial charge on any atom is -0.463 e. The molecule has 0 radical (unpaired) electrons. The molecule has 2 N–H and O–H groups in total. The lowest BCUT2D eigenvalue weighted by atomic mass is 10.1. The fourth-order valence-corrected chi connectivity index (χ4v) is 22.0. The zero-order valence-electron chi connectivity index (χ0n) is 32.4. The zero-order valence-corrected chi connectivity index (χ0v) is 36.2. The Bertz CT molecular complexity index is 1580. The Balaban J connectivity index is 1.58. The van der Waals surface area contributed by atoms with Crippen LogP contribution in [0.1, 0.15) is 88.0 Å². The number of nitrogen functional groups attached to an aromatic ring is 1. The molecule has 0 amide bonds. The molecule has 2 aromatic heterocycles. The first-order valence-electron chi connectivity index (χ1n) is 18.9. The number of ether oxygens (including phenoxy) is 2. The van der Waals surface area contributed by atoms with Gasteiger partial charge in [0.25, 0.3) is 0 Å². The fourth-order valence-electron chi connectivity index (χ4n) is 7.84. The fraction of sp³-hybridized carbons (Fsp3) is 0.694. The lowest BCUT2D eigenvalue weighted by Gasteiger charge is -2.51. The zero-order chi connectivity index (χ0) is 37.3. The summed E-state index contributed by atoms with van der Waals surface area (Å²) < 4.78 is 44.7. The highest BCUT2D eigenvalue weighted by atomic mass is 35.5. The van der Waals surface area contributed by atoms with E-state index in [-0.39, 0.29) is 40.1 Å². The molecule has 0 saturated carbocycles. The minimum absolute atomic E-state index is 0.170. The number of fused-ring (bicyclic) bond motifs is 2. The summed E-state index contributed by atoms with van der Waals surface area (Å²) in [5.74, 6) is 0.241. The van der Waals surface area contributed by atoms with Crippen molar-refractivity contribution in [3.8, 4) is 6.01 Å². The third kappa shape index (κ3) is 7.86. The van der Waals surface area contributed by atoms with Crippen molar-refractivity contribution in [1.82, 2.24) is 19.5 Å². The van der Waals surface area contributed by atoms with Gasteiger partial charge < -0.3 is 32.6 Å². The van der Waals surface area contributed by atoms with Crippen molar-refractivity contribution in [2.75, 3.05) is 18.9 Å². The predicted octanol–water partition coefficient (Wildman–Crippen LogP) is 8.93. The maximum atomic E-state index is 7.58. The van der Waals surface area contributed by atoms with Gasteiger partial charge in [-0.1, -0.05) is 99.9 Å². The summed E-state index contributed by atoms with van der Waals surface area (Å²) in [7, 11) is -7.92. The molecular weight excluding hydrogens is 718 g/mol. The summed E-state index contributed by atoms with van der Waals surface area (Å²) in [6, 6.07) is 10.8. The van der Waals surface area contributed by atoms with Gasteiger partial charge in [0.1, 0.15) is 18.3 Å². The topological polar surface area (TPSA) is 125 Å². The van der Waals surface area contributed by atoms with Crippen molar-refractivity contribution < 1.29 is 26.9 Å². The van der Waals surface area contributed by atoms with E-state index in [0.717, 1.165) is 23.7 Å². The Morgan fingerprint density at radius 3 is 2.10 bits per heavy atom. The molecule has 3 aromatic rings. The standard InChI is InChI=1S/C36H60ClN5O6Si3/c1-12-49(13-2,14-3)46-32-31-29(21-44-50(23(4)5,24(6)7)48-51(47-31,25(8)9)26(10)11)45-35(32)42-22-39-30-33(38)40-36(41-34(30)42)43-20-19-27-15-17-28(37)18-16-27/h15-18,22-26,29,31-32,35H,12-14,19-21H2,1-11H3,(H2,38,40,41)/t29-,31+,32+,35+/m0/s1. The van der Waals surface area contributed by atoms with Crippen LogP contribution in [0.25, 0.3) is 11.2 Å². The second kappa shape index (κ2) is 16.2. The van der Waals surface area contributed by atoms with Gasteiger partial charge in [0, 0.05) is 11.4 Å².